The quantitative estimate of drug-likeness (QED) is 0.136. The Balaban J connectivity index is 1.60. The fourth-order valence-electron chi connectivity index (χ4n) is 4.27. The molecule has 4 amide bonds. The Kier molecular flexibility index (Phi) is 8.10. The Morgan fingerprint density at radius 3 is 1.76 bits per heavy atom. The van der Waals surface area contributed by atoms with E-state index < -0.39 is 28.0 Å². The van der Waals surface area contributed by atoms with E-state index in [2.05, 4.69) is 0 Å². The van der Waals surface area contributed by atoms with Gasteiger partial charge in [0.2, 0.25) is 5.75 Å². The molecule has 5 rings (SSSR count). The van der Waals surface area contributed by atoms with E-state index in [1.165, 1.54) is 30.3 Å². The number of rotatable bonds is 8. The monoisotopic (exact) mass is 602 g/mol. The van der Waals surface area contributed by atoms with Crippen molar-refractivity contribution in [3.8, 4) is 11.5 Å². The minimum absolute atomic E-state index is 0.0250. The third-order valence-electron chi connectivity index (χ3n) is 6.15. The first-order valence-electron chi connectivity index (χ1n) is 12.7. The molecule has 0 atom stereocenters. The number of amides is 4. The molecule has 0 N–H and O–H groups in total. The highest BCUT2D eigenvalue weighted by Crippen LogP contribution is 2.39. The largest absolute Gasteiger partial charge is 0.490 e. The molecule has 1 fully saturated rings. The van der Waals surface area contributed by atoms with Crippen LogP contribution >= 0.6 is 11.6 Å². The molecular formula is C31H23ClN2O7S. The lowest BCUT2D eigenvalue weighted by Gasteiger charge is -2.34. The van der Waals surface area contributed by atoms with Gasteiger partial charge in [-0.25, -0.2) is 14.6 Å². The van der Waals surface area contributed by atoms with Crippen LogP contribution in [0.1, 0.15) is 12.5 Å². The molecule has 0 aliphatic carbocycles. The molecular weight excluding hydrogens is 580 g/mol. The second-order valence-electron chi connectivity index (χ2n) is 8.91. The molecule has 0 aromatic heterocycles. The number of hydrogen-bond donors (Lipinski definition) is 0. The summed E-state index contributed by atoms with van der Waals surface area (Å²) in [5.41, 5.74) is 0.454. The Morgan fingerprint density at radius 1 is 0.762 bits per heavy atom. The average molecular weight is 603 g/mol. The van der Waals surface area contributed by atoms with Gasteiger partial charge in [-0.3, -0.25) is 9.59 Å². The summed E-state index contributed by atoms with van der Waals surface area (Å²) in [7, 11) is -4.26. The Labute approximate surface area is 247 Å². The maximum atomic E-state index is 13.7. The van der Waals surface area contributed by atoms with E-state index >= 15 is 0 Å². The normalized spacial score (nSPS) is 13.8. The third-order valence-corrected chi connectivity index (χ3v) is 7.66. The number of para-hydroxylation sites is 2. The lowest BCUT2D eigenvalue weighted by molar-refractivity contribution is -0.121. The van der Waals surface area contributed by atoms with Crippen LogP contribution in [0.2, 0.25) is 5.02 Å². The van der Waals surface area contributed by atoms with Crippen molar-refractivity contribution in [3.63, 3.8) is 0 Å². The summed E-state index contributed by atoms with van der Waals surface area (Å²) >= 11 is 6.48. The smallest absolute Gasteiger partial charge is 0.343 e. The number of barbiturate groups is 1. The van der Waals surface area contributed by atoms with Crippen LogP contribution in [0.25, 0.3) is 6.08 Å². The van der Waals surface area contributed by atoms with Gasteiger partial charge in [0.1, 0.15) is 10.5 Å². The van der Waals surface area contributed by atoms with Crippen molar-refractivity contribution >= 4 is 57.0 Å². The number of hydrogen-bond acceptors (Lipinski definition) is 7. The van der Waals surface area contributed by atoms with Gasteiger partial charge in [0.25, 0.3) is 11.8 Å². The molecule has 9 nitrogen and oxygen atoms in total. The van der Waals surface area contributed by atoms with Crippen molar-refractivity contribution in [3.05, 3.63) is 119 Å². The molecule has 0 saturated carbocycles. The van der Waals surface area contributed by atoms with Gasteiger partial charge in [0.15, 0.2) is 5.75 Å². The van der Waals surface area contributed by atoms with Gasteiger partial charge in [-0.05, 0) is 67.1 Å². The zero-order valence-corrected chi connectivity index (χ0v) is 23.7. The van der Waals surface area contributed by atoms with Gasteiger partial charge in [-0.15, -0.1) is 0 Å². The number of nitrogens with zero attached hydrogens (tertiary/aromatic N) is 2. The summed E-state index contributed by atoms with van der Waals surface area (Å²) in [6.07, 6.45) is 1.27. The number of carbonyl (C=O) groups excluding carboxylic acids is 3. The fourth-order valence-corrected chi connectivity index (χ4v) is 5.55. The molecule has 0 spiro atoms. The second kappa shape index (κ2) is 11.9. The van der Waals surface area contributed by atoms with Gasteiger partial charge < -0.3 is 8.92 Å². The van der Waals surface area contributed by atoms with Crippen LogP contribution in [0.4, 0.5) is 16.2 Å². The van der Waals surface area contributed by atoms with Gasteiger partial charge >= 0.3 is 16.1 Å². The van der Waals surface area contributed by atoms with Crippen LogP contribution in [-0.4, -0.2) is 32.9 Å². The summed E-state index contributed by atoms with van der Waals surface area (Å²) in [5, 5.41) is -0.140. The van der Waals surface area contributed by atoms with Gasteiger partial charge in [0.05, 0.1) is 23.0 Å². The van der Waals surface area contributed by atoms with Gasteiger partial charge in [-0.1, -0.05) is 66.2 Å². The van der Waals surface area contributed by atoms with Crippen molar-refractivity contribution < 1.29 is 31.7 Å². The SMILES string of the molecule is CCOc1cc(C=C2C(=O)N(c3ccccc3)C(=O)N(c3ccccc3)C2=O)cc(Cl)c1OS(=O)(=O)c1ccccc1. The molecule has 1 heterocycles. The molecule has 1 saturated heterocycles. The van der Waals surface area contributed by atoms with E-state index in [1.54, 1.807) is 85.8 Å². The summed E-state index contributed by atoms with van der Waals surface area (Å²) in [5.74, 6) is -1.96. The number of halogens is 1. The van der Waals surface area contributed by atoms with E-state index in [9.17, 15) is 22.8 Å². The van der Waals surface area contributed by atoms with Crippen molar-refractivity contribution in [1.82, 2.24) is 0 Å². The summed E-state index contributed by atoms with van der Waals surface area (Å²) in [4.78, 5) is 42.6. The topological polar surface area (TPSA) is 110 Å². The minimum atomic E-state index is -4.26. The lowest BCUT2D eigenvalue weighted by atomic mass is 10.0. The van der Waals surface area contributed by atoms with E-state index in [0.717, 1.165) is 9.80 Å². The van der Waals surface area contributed by atoms with Crippen LogP contribution in [0.5, 0.6) is 11.5 Å². The standard InChI is InChI=1S/C31H23ClN2O7S/c1-2-40-27-20-21(19-26(32)28(27)41-42(38,39)24-16-10-5-11-17-24)18-25-29(35)33(22-12-6-3-7-13-22)31(37)34(30(25)36)23-14-8-4-9-15-23/h3-20H,2H2,1H3. The number of urea groups is 1. The maximum Gasteiger partial charge on any atom is 0.343 e. The highest BCUT2D eigenvalue weighted by Gasteiger charge is 2.43. The van der Waals surface area contributed by atoms with Crippen LogP contribution in [0.3, 0.4) is 0 Å². The molecule has 0 radical (unpaired) electrons. The van der Waals surface area contributed by atoms with Crippen molar-refractivity contribution in [2.45, 2.75) is 11.8 Å². The minimum Gasteiger partial charge on any atom is -0.490 e. The summed E-state index contributed by atoms with van der Waals surface area (Å²) < 4.78 is 36.8. The Morgan fingerprint density at radius 2 is 1.26 bits per heavy atom. The van der Waals surface area contributed by atoms with Crippen LogP contribution in [-0.2, 0) is 19.7 Å². The number of imide groups is 2. The van der Waals surface area contributed by atoms with E-state index in [4.69, 9.17) is 20.5 Å². The predicted molar refractivity (Wildman–Crippen MR) is 158 cm³/mol. The lowest BCUT2D eigenvalue weighted by Crippen LogP contribution is -2.57. The average Bonchev–Trinajstić information content (AvgIpc) is 2.99. The second-order valence-corrected chi connectivity index (χ2v) is 10.9. The number of benzene rings is 4. The number of anilines is 2. The van der Waals surface area contributed by atoms with Crippen LogP contribution in [0.15, 0.2) is 114 Å². The van der Waals surface area contributed by atoms with Gasteiger partial charge in [0, 0.05) is 0 Å². The summed E-state index contributed by atoms with van der Waals surface area (Å²) in [6, 6.07) is 25.9. The molecule has 1 aliphatic rings. The number of carbonyl (C=O) groups is 3. The molecule has 0 bridgehead atoms. The third kappa shape index (κ3) is 5.63. The fraction of sp³-hybridized carbons (Fsp3) is 0.0645. The highest BCUT2D eigenvalue weighted by atomic mass is 35.5. The predicted octanol–water partition coefficient (Wildman–Crippen LogP) is 6.09. The highest BCUT2D eigenvalue weighted by molar-refractivity contribution is 7.87. The Hall–Kier alpha value is -4.93. The first-order chi connectivity index (χ1) is 20.2. The van der Waals surface area contributed by atoms with Crippen LogP contribution < -0.4 is 18.7 Å². The van der Waals surface area contributed by atoms with Crippen molar-refractivity contribution in [1.29, 1.82) is 0 Å². The molecule has 4 aromatic carbocycles. The van der Waals surface area contributed by atoms with Crippen molar-refractivity contribution in [2.24, 2.45) is 0 Å². The molecule has 11 heteroatoms. The zero-order chi connectivity index (χ0) is 29.9. The summed E-state index contributed by atoms with van der Waals surface area (Å²) in [6.45, 7) is 1.82. The molecule has 4 aromatic rings. The zero-order valence-electron chi connectivity index (χ0n) is 22.1. The first-order valence-corrected chi connectivity index (χ1v) is 14.5. The number of ether oxygens (including phenoxy) is 1. The molecule has 0 unspecified atom stereocenters. The van der Waals surface area contributed by atoms with E-state index in [-0.39, 0.29) is 50.5 Å². The Bertz CT molecular complexity index is 1730. The van der Waals surface area contributed by atoms with E-state index in [1.807, 2.05) is 0 Å². The molecule has 42 heavy (non-hydrogen) atoms. The van der Waals surface area contributed by atoms with Crippen LogP contribution in [0, 0.1) is 0 Å². The first kappa shape index (κ1) is 28.6. The maximum absolute atomic E-state index is 13.7. The van der Waals surface area contributed by atoms with Crippen molar-refractivity contribution in [2.75, 3.05) is 16.4 Å². The molecule has 1 aliphatic heterocycles. The van der Waals surface area contributed by atoms with Gasteiger partial charge in [-0.2, -0.15) is 8.42 Å². The van der Waals surface area contributed by atoms with E-state index in [0.29, 0.717) is 0 Å². The molecule has 212 valence electrons.